The van der Waals surface area contributed by atoms with Crippen LogP contribution in [0, 0.1) is 22.5 Å². The van der Waals surface area contributed by atoms with Crippen molar-refractivity contribution in [3.63, 3.8) is 0 Å². The summed E-state index contributed by atoms with van der Waals surface area (Å²) in [5.41, 5.74) is 0.672. The molecule has 0 radical (unpaired) electrons. The van der Waals surface area contributed by atoms with Crippen LogP contribution < -0.4 is 0 Å². The van der Waals surface area contributed by atoms with Gasteiger partial charge in [-0.2, -0.15) is 17.3 Å². The summed E-state index contributed by atoms with van der Waals surface area (Å²) in [7, 11) is 0. The van der Waals surface area contributed by atoms with Crippen molar-refractivity contribution in [3.05, 3.63) is 21.9 Å². The number of aromatic nitrogens is 2. The Morgan fingerprint density at radius 2 is 2.12 bits per heavy atom. The highest BCUT2D eigenvalue weighted by molar-refractivity contribution is 7.80. The predicted octanol–water partition coefficient (Wildman–Crippen LogP) is 2.84. The Labute approximate surface area is 107 Å². The molecule has 0 unspecified atom stereocenters. The lowest BCUT2D eigenvalue weighted by Crippen LogP contribution is -2.27. The fourth-order valence-corrected chi connectivity index (χ4v) is 2.41. The number of nitrogens with zero attached hydrogens (tertiary/aromatic N) is 3. The van der Waals surface area contributed by atoms with Crippen LogP contribution in [0.5, 0.6) is 0 Å². The van der Waals surface area contributed by atoms with Crippen molar-refractivity contribution in [2.45, 2.75) is 40.2 Å². The van der Waals surface area contributed by atoms with Crippen molar-refractivity contribution < 1.29 is 4.92 Å². The second-order valence-corrected chi connectivity index (χ2v) is 4.77. The van der Waals surface area contributed by atoms with E-state index in [0.717, 1.165) is 18.6 Å². The highest BCUT2D eigenvalue weighted by Gasteiger charge is 2.28. The topological polar surface area (TPSA) is 61.0 Å². The summed E-state index contributed by atoms with van der Waals surface area (Å²) in [6.07, 6.45) is 3.71. The van der Waals surface area contributed by atoms with E-state index in [1.165, 1.54) is 0 Å². The molecule has 0 aromatic carbocycles. The van der Waals surface area contributed by atoms with E-state index in [0.29, 0.717) is 12.1 Å². The second-order valence-electron chi connectivity index (χ2n) is 4.46. The Morgan fingerprint density at radius 3 is 2.47 bits per heavy atom. The number of rotatable bonds is 6. The van der Waals surface area contributed by atoms with Gasteiger partial charge in [-0.05, 0) is 30.4 Å². The van der Waals surface area contributed by atoms with Crippen molar-refractivity contribution >= 4 is 18.4 Å². The van der Waals surface area contributed by atoms with Crippen LogP contribution in [-0.4, -0.2) is 20.5 Å². The molecule has 0 saturated heterocycles. The van der Waals surface area contributed by atoms with Crippen molar-refractivity contribution in [2.24, 2.45) is 5.41 Å². The molecule has 0 bridgehead atoms. The highest BCUT2D eigenvalue weighted by atomic mass is 32.1. The van der Waals surface area contributed by atoms with Gasteiger partial charge in [0.15, 0.2) is 0 Å². The van der Waals surface area contributed by atoms with E-state index in [1.54, 1.807) is 17.8 Å². The number of hydrogen-bond donors (Lipinski definition) is 1. The van der Waals surface area contributed by atoms with E-state index in [9.17, 15) is 10.1 Å². The molecule has 0 N–H and O–H groups in total. The van der Waals surface area contributed by atoms with E-state index in [4.69, 9.17) is 0 Å². The van der Waals surface area contributed by atoms with Gasteiger partial charge in [-0.3, -0.25) is 0 Å². The van der Waals surface area contributed by atoms with Gasteiger partial charge < -0.3 is 10.1 Å². The molecule has 1 aromatic rings. The summed E-state index contributed by atoms with van der Waals surface area (Å²) >= 11 is 4.39. The molecular formula is C11H19N3O2S. The molecule has 0 aliphatic heterocycles. The van der Waals surface area contributed by atoms with Crippen LogP contribution in [0.15, 0.2) is 6.20 Å². The second kappa shape index (κ2) is 5.53. The third-order valence-corrected chi connectivity index (χ3v) is 4.10. The number of nitro groups is 1. The molecule has 5 nitrogen and oxygen atoms in total. The number of aryl methyl sites for hydroxylation is 1. The normalized spacial score (nSPS) is 11.8. The molecule has 0 fully saturated rings. The Hall–Kier alpha value is -1.04. The van der Waals surface area contributed by atoms with E-state index in [1.807, 2.05) is 0 Å². The lowest BCUT2D eigenvalue weighted by Gasteiger charge is -2.28. The first kappa shape index (κ1) is 14.0. The predicted molar refractivity (Wildman–Crippen MR) is 70.5 cm³/mol. The Bertz CT molecular complexity index is 391. The smallest absolute Gasteiger partial charge is 0.358 e. The molecule has 0 amide bonds. The lowest BCUT2D eigenvalue weighted by atomic mass is 9.84. The van der Waals surface area contributed by atoms with E-state index >= 15 is 0 Å². The molecule has 17 heavy (non-hydrogen) atoms. The largest absolute Gasteiger partial charge is 0.392 e. The fraction of sp³-hybridized carbons (Fsp3) is 0.727. The summed E-state index contributed by atoms with van der Waals surface area (Å²) in [5, 5.41) is 14.7. The summed E-state index contributed by atoms with van der Waals surface area (Å²) in [4.78, 5) is 10.3. The van der Waals surface area contributed by atoms with Gasteiger partial charge in [0, 0.05) is 5.41 Å². The Kier molecular flexibility index (Phi) is 4.56. The van der Waals surface area contributed by atoms with Crippen molar-refractivity contribution in [1.82, 2.24) is 9.78 Å². The molecule has 6 heteroatoms. The summed E-state index contributed by atoms with van der Waals surface area (Å²) in [5.74, 6) is 0.706. The molecule has 1 rings (SSSR count). The monoisotopic (exact) mass is 257 g/mol. The van der Waals surface area contributed by atoms with Crippen LogP contribution >= 0.6 is 12.6 Å². The van der Waals surface area contributed by atoms with Gasteiger partial charge in [-0.15, -0.1) is 0 Å². The van der Waals surface area contributed by atoms with Gasteiger partial charge in [0.05, 0.1) is 23.4 Å². The molecule has 0 aliphatic carbocycles. The third kappa shape index (κ3) is 3.00. The average molecular weight is 257 g/mol. The van der Waals surface area contributed by atoms with Crippen molar-refractivity contribution in [3.8, 4) is 0 Å². The molecule has 1 aromatic heterocycles. The zero-order valence-corrected chi connectivity index (χ0v) is 11.4. The zero-order chi connectivity index (χ0) is 13.1. The number of thiol groups is 1. The quantitative estimate of drug-likeness (QED) is 0.484. The highest BCUT2D eigenvalue weighted by Crippen LogP contribution is 2.30. The maximum Gasteiger partial charge on any atom is 0.392 e. The van der Waals surface area contributed by atoms with Gasteiger partial charge in [0.2, 0.25) is 0 Å². The fourth-order valence-electron chi connectivity index (χ4n) is 1.86. The SMILES string of the molecule is CCC(CC)(CS)Cn1cc(C)c([N+](=O)[O-])n1. The first-order valence-corrected chi connectivity index (χ1v) is 6.40. The van der Waals surface area contributed by atoms with Gasteiger partial charge in [-0.1, -0.05) is 13.8 Å². The van der Waals surface area contributed by atoms with Crippen LogP contribution in [0.25, 0.3) is 0 Å². The Morgan fingerprint density at radius 1 is 1.53 bits per heavy atom. The molecule has 1 heterocycles. The standard InChI is InChI=1S/C11H19N3O2S/c1-4-11(5-2,8-17)7-13-6-9(3)10(12-13)14(15)16/h6,17H,4-5,7-8H2,1-3H3. The zero-order valence-electron chi connectivity index (χ0n) is 10.5. The molecular weight excluding hydrogens is 238 g/mol. The maximum atomic E-state index is 10.7. The lowest BCUT2D eigenvalue weighted by molar-refractivity contribution is -0.390. The van der Waals surface area contributed by atoms with Gasteiger partial charge in [0.25, 0.3) is 0 Å². The van der Waals surface area contributed by atoms with Gasteiger partial charge in [0.1, 0.15) is 0 Å². The average Bonchev–Trinajstić information content (AvgIpc) is 2.67. The first-order chi connectivity index (χ1) is 7.98. The van der Waals surface area contributed by atoms with Crippen LogP contribution in [0.2, 0.25) is 0 Å². The maximum absolute atomic E-state index is 10.7. The van der Waals surface area contributed by atoms with Gasteiger partial charge >= 0.3 is 5.82 Å². The van der Waals surface area contributed by atoms with E-state index < -0.39 is 4.92 Å². The van der Waals surface area contributed by atoms with E-state index in [2.05, 4.69) is 31.6 Å². The van der Waals surface area contributed by atoms with Gasteiger partial charge in [-0.25, -0.2) is 0 Å². The van der Waals surface area contributed by atoms with Crippen molar-refractivity contribution in [2.75, 3.05) is 5.75 Å². The summed E-state index contributed by atoms with van der Waals surface area (Å²) in [6, 6.07) is 0. The minimum atomic E-state index is -0.438. The molecule has 96 valence electrons. The number of hydrogen-bond acceptors (Lipinski definition) is 4. The minimum Gasteiger partial charge on any atom is -0.358 e. The van der Waals surface area contributed by atoms with Crippen LogP contribution in [0.3, 0.4) is 0 Å². The van der Waals surface area contributed by atoms with Crippen LogP contribution in [0.1, 0.15) is 32.3 Å². The van der Waals surface area contributed by atoms with E-state index in [-0.39, 0.29) is 11.2 Å². The third-order valence-electron chi connectivity index (χ3n) is 3.42. The minimum absolute atomic E-state index is 0.0507. The summed E-state index contributed by atoms with van der Waals surface area (Å²) in [6.45, 7) is 6.62. The molecule has 0 saturated carbocycles. The van der Waals surface area contributed by atoms with Crippen LogP contribution in [0.4, 0.5) is 5.82 Å². The molecule has 0 aliphatic rings. The summed E-state index contributed by atoms with van der Waals surface area (Å²) < 4.78 is 1.68. The molecule has 0 atom stereocenters. The van der Waals surface area contributed by atoms with Crippen LogP contribution in [-0.2, 0) is 6.54 Å². The molecule has 0 spiro atoms. The first-order valence-electron chi connectivity index (χ1n) is 5.77. The van der Waals surface area contributed by atoms with Crippen molar-refractivity contribution in [1.29, 1.82) is 0 Å². The Balaban J connectivity index is 2.95.